The van der Waals surface area contributed by atoms with Crippen molar-refractivity contribution in [3.63, 3.8) is 0 Å². The molecular formula is C53H45N. The zero-order valence-corrected chi connectivity index (χ0v) is 32.1. The first-order valence-corrected chi connectivity index (χ1v) is 19.7. The summed E-state index contributed by atoms with van der Waals surface area (Å²) in [5, 5.41) is 0. The van der Waals surface area contributed by atoms with Gasteiger partial charge in [-0.15, -0.1) is 0 Å². The third kappa shape index (κ3) is 3.95. The Bertz CT molecular complexity index is 2630. The third-order valence-corrected chi connectivity index (χ3v) is 13.9. The monoisotopic (exact) mass is 695 g/mol. The summed E-state index contributed by atoms with van der Waals surface area (Å²) in [5.41, 5.74) is 22.7. The van der Waals surface area contributed by atoms with Crippen LogP contribution in [0.15, 0.2) is 152 Å². The normalized spacial score (nSPS) is 19.4. The third-order valence-electron chi connectivity index (χ3n) is 13.9. The molecule has 0 heterocycles. The van der Waals surface area contributed by atoms with Gasteiger partial charge in [0.1, 0.15) is 0 Å². The van der Waals surface area contributed by atoms with Crippen molar-refractivity contribution in [3.05, 3.63) is 196 Å². The van der Waals surface area contributed by atoms with E-state index in [0.29, 0.717) is 0 Å². The predicted octanol–water partition coefficient (Wildman–Crippen LogP) is 13.8. The summed E-state index contributed by atoms with van der Waals surface area (Å²) in [6.07, 6.45) is 1.05. The lowest BCUT2D eigenvalue weighted by Crippen LogP contribution is -2.26. The first-order valence-electron chi connectivity index (χ1n) is 19.7. The van der Waals surface area contributed by atoms with Gasteiger partial charge in [0.05, 0.1) is 0 Å². The van der Waals surface area contributed by atoms with Gasteiger partial charge >= 0.3 is 0 Å². The Labute approximate surface area is 320 Å². The first kappa shape index (κ1) is 31.8. The van der Waals surface area contributed by atoms with Crippen LogP contribution in [-0.4, -0.2) is 0 Å². The molecule has 0 radical (unpaired) electrons. The molecule has 7 aromatic rings. The zero-order chi connectivity index (χ0) is 36.8. The maximum absolute atomic E-state index is 2.55. The van der Waals surface area contributed by atoms with Crippen molar-refractivity contribution in [3.8, 4) is 33.4 Å². The molecule has 1 spiro atoms. The van der Waals surface area contributed by atoms with E-state index in [4.69, 9.17) is 0 Å². The summed E-state index contributed by atoms with van der Waals surface area (Å²) in [6.45, 7) is 14.4. The molecule has 1 unspecified atom stereocenters. The number of hydrogen-bond donors (Lipinski definition) is 0. The SMILES string of the molecule is CC1(C)CC2(c3ccccc3-c3ccc(N(c4ccc5c(c4)C(C)(C)c4ccccc4-5)c4ccc5c(c4)C(C)(C)c4ccccc4-5)cc32)c2ccccc21. The minimum Gasteiger partial charge on any atom is -0.310 e. The number of fused-ring (bicyclic) bond motifs is 13. The van der Waals surface area contributed by atoms with Crippen LogP contribution in [0.4, 0.5) is 17.1 Å². The second kappa shape index (κ2) is 10.5. The van der Waals surface area contributed by atoms with Crippen molar-refractivity contribution in [2.45, 2.75) is 69.6 Å². The minimum atomic E-state index is -0.211. The predicted molar refractivity (Wildman–Crippen MR) is 226 cm³/mol. The number of anilines is 3. The number of hydrogen-bond acceptors (Lipinski definition) is 1. The van der Waals surface area contributed by atoms with E-state index in [2.05, 4.69) is 198 Å². The second-order valence-corrected chi connectivity index (χ2v) is 17.9. The van der Waals surface area contributed by atoms with Gasteiger partial charge in [0.25, 0.3) is 0 Å². The average Bonchev–Trinajstić information content (AvgIpc) is 3.78. The Hall–Kier alpha value is -5.66. The lowest BCUT2D eigenvalue weighted by Gasteiger charge is -2.33. The summed E-state index contributed by atoms with van der Waals surface area (Å²) < 4.78 is 0. The smallest absolute Gasteiger partial charge is 0.0475 e. The van der Waals surface area contributed by atoms with Crippen LogP contribution < -0.4 is 4.90 Å². The van der Waals surface area contributed by atoms with E-state index in [9.17, 15) is 0 Å². The van der Waals surface area contributed by atoms with Crippen LogP contribution in [0.1, 0.15) is 92.5 Å². The Balaban J connectivity index is 1.16. The largest absolute Gasteiger partial charge is 0.310 e. The fraction of sp³-hybridized carbons (Fsp3) is 0.208. The molecule has 0 fully saturated rings. The lowest BCUT2D eigenvalue weighted by atomic mass is 9.71. The molecule has 7 aromatic carbocycles. The van der Waals surface area contributed by atoms with Crippen molar-refractivity contribution in [1.82, 2.24) is 0 Å². The molecule has 0 N–H and O–H groups in total. The van der Waals surface area contributed by atoms with E-state index >= 15 is 0 Å². The molecule has 4 aliphatic carbocycles. The van der Waals surface area contributed by atoms with Crippen LogP contribution >= 0.6 is 0 Å². The first-order chi connectivity index (χ1) is 26.0. The molecule has 1 nitrogen and oxygen atoms in total. The Morgan fingerprint density at radius 2 is 0.685 bits per heavy atom. The molecule has 1 heteroatoms. The lowest BCUT2D eigenvalue weighted by molar-refractivity contribution is 0.449. The highest BCUT2D eigenvalue weighted by atomic mass is 15.1. The van der Waals surface area contributed by atoms with Gasteiger partial charge in [-0.25, -0.2) is 0 Å². The number of rotatable bonds is 3. The van der Waals surface area contributed by atoms with Crippen LogP contribution in [0.2, 0.25) is 0 Å². The van der Waals surface area contributed by atoms with Crippen molar-refractivity contribution >= 4 is 17.1 Å². The quantitative estimate of drug-likeness (QED) is 0.178. The zero-order valence-electron chi connectivity index (χ0n) is 32.1. The molecule has 262 valence electrons. The summed E-state index contributed by atoms with van der Waals surface area (Å²) >= 11 is 0. The van der Waals surface area contributed by atoms with Gasteiger partial charge < -0.3 is 4.90 Å². The minimum absolute atomic E-state index is 0.0438. The van der Waals surface area contributed by atoms with Crippen molar-refractivity contribution in [1.29, 1.82) is 0 Å². The second-order valence-electron chi connectivity index (χ2n) is 17.9. The van der Waals surface area contributed by atoms with Crippen molar-refractivity contribution in [2.75, 3.05) is 4.90 Å². The summed E-state index contributed by atoms with van der Waals surface area (Å²) in [5.74, 6) is 0. The standard InChI is InChI=1S/C53H45N/c1-50(2)32-53(46-22-14-13-21-45(46)50)44-20-12-9-17-38(44)41-28-25-35(31-49(41)53)54(33-23-26-39-36-15-7-10-18-42(36)51(3,4)47(39)29-33)34-24-27-40-37-16-8-11-19-43(37)52(5,6)48(40)30-34/h7-31H,32H2,1-6H3. The summed E-state index contributed by atoms with van der Waals surface area (Å²) in [6, 6.07) is 58.1. The van der Waals surface area contributed by atoms with Gasteiger partial charge in [0, 0.05) is 33.3 Å². The molecular weight excluding hydrogens is 651 g/mol. The fourth-order valence-electron chi connectivity index (χ4n) is 11.4. The molecule has 54 heavy (non-hydrogen) atoms. The summed E-state index contributed by atoms with van der Waals surface area (Å²) in [7, 11) is 0. The van der Waals surface area contributed by atoms with Gasteiger partial charge in [-0.3, -0.25) is 0 Å². The highest BCUT2D eigenvalue weighted by molar-refractivity contribution is 5.91. The van der Waals surface area contributed by atoms with Crippen molar-refractivity contribution in [2.24, 2.45) is 0 Å². The molecule has 4 aliphatic rings. The van der Waals surface area contributed by atoms with Crippen LogP contribution in [0.5, 0.6) is 0 Å². The molecule has 0 saturated carbocycles. The highest BCUT2D eigenvalue weighted by Gasteiger charge is 2.54. The maximum Gasteiger partial charge on any atom is 0.0475 e. The molecule has 0 amide bonds. The Morgan fingerprint density at radius 3 is 1.19 bits per heavy atom. The van der Waals surface area contributed by atoms with E-state index in [0.717, 1.165) is 6.42 Å². The van der Waals surface area contributed by atoms with Gasteiger partial charge in [-0.1, -0.05) is 157 Å². The topological polar surface area (TPSA) is 3.24 Å². The number of nitrogens with zero attached hydrogens (tertiary/aromatic N) is 1. The highest BCUT2D eigenvalue weighted by Crippen LogP contribution is 2.63. The fourth-order valence-corrected chi connectivity index (χ4v) is 11.4. The Morgan fingerprint density at radius 1 is 0.333 bits per heavy atom. The van der Waals surface area contributed by atoms with Crippen molar-refractivity contribution < 1.29 is 0 Å². The summed E-state index contributed by atoms with van der Waals surface area (Å²) in [4.78, 5) is 2.54. The molecule has 0 aromatic heterocycles. The van der Waals surface area contributed by atoms with Gasteiger partial charge in [0.15, 0.2) is 0 Å². The molecule has 0 saturated heterocycles. The van der Waals surface area contributed by atoms with Gasteiger partial charge in [0.2, 0.25) is 0 Å². The van der Waals surface area contributed by atoms with Gasteiger partial charge in [-0.05, 0) is 126 Å². The molecule has 0 bridgehead atoms. The molecule has 11 rings (SSSR count). The average molecular weight is 696 g/mol. The Kier molecular flexibility index (Phi) is 6.20. The van der Waals surface area contributed by atoms with E-state index < -0.39 is 0 Å². The van der Waals surface area contributed by atoms with E-state index in [1.807, 2.05) is 0 Å². The molecule has 1 atom stereocenters. The van der Waals surface area contributed by atoms with E-state index in [1.54, 1.807) is 0 Å². The van der Waals surface area contributed by atoms with E-state index in [-0.39, 0.29) is 21.7 Å². The number of benzene rings is 7. The maximum atomic E-state index is 2.55. The van der Waals surface area contributed by atoms with Crippen LogP contribution in [0, 0.1) is 0 Å². The van der Waals surface area contributed by atoms with Gasteiger partial charge in [-0.2, -0.15) is 0 Å². The van der Waals surface area contributed by atoms with Crippen LogP contribution in [0.3, 0.4) is 0 Å². The van der Waals surface area contributed by atoms with Crippen LogP contribution in [-0.2, 0) is 21.7 Å². The molecule has 0 aliphatic heterocycles. The van der Waals surface area contributed by atoms with Crippen LogP contribution in [0.25, 0.3) is 33.4 Å². The van der Waals surface area contributed by atoms with E-state index in [1.165, 1.54) is 95.0 Å².